The van der Waals surface area contributed by atoms with Gasteiger partial charge in [-0.05, 0) is 29.3 Å². The fourth-order valence-electron chi connectivity index (χ4n) is 6.37. The number of H-pyrrole nitrogens is 1. The highest BCUT2D eigenvalue weighted by molar-refractivity contribution is 7.53. The van der Waals surface area contributed by atoms with E-state index in [4.69, 9.17) is 27.7 Å². The maximum atomic E-state index is 13.3. The van der Waals surface area contributed by atoms with E-state index in [-0.39, 0.29) is 37.6 Å². The van der Waals surface area contributed by atoms with Crippen molar-refractivity contribution in [2.24, 2.45) is 0 Å². The van der Waals surface area contributed by atoms with Gasteiger partial charge in [-0.2, -0.15) is 0 Å². The molecule has 2 fully saturated rings. The number of aromatic amines is 1. The highest BCUT2D eigenvalue weighted by Crippen LogP contribution is 2.50. The molecular formula is C32H43N2O9PSi. The van der Waals surface area contributed by atoms with Crippen LogP contribution in [0.5, 0.6) is 0 Å². The Hall–Kier alpha value is -2.67. The minimum Gasteiger partial charge on any atom is -0.405 e. The molecule has 1 N–H and O–H groups in total. The van der Waals surface area contributed by atoms with Crippen LogP contribution < -0.4 is 21.6 Å². The van der Waals surface area contributed by atoms with Crippen molar-refractivity contribution < 1.29 is 32.2 Å². The van der Waals surface area contributed by atoms with Gasteiger partial charge in [-0.1, -0.05) is 81.4 Å². The molecule has 0 radical (unpaired) electrons. The van der Waals surface area contributed by atoms with Crippen LogP contribution in [0.3, 0.4) is 0 Å². The third kappa shape index (κ3) is 7.03. The molecular weight excluding hydrogens is 615 g/mol. The van der Waals surface area contributed by atoms with Crippen LogP contribution in [0.25, 0.3) is 0 Å². The Morgan fingerprint density at radius 3 is 2.04 bits per heavy atom. The Kier molecular flexibility index (Phi) is 10.5. The largest absolute Gasteiger partial charge is 0.405 e. The number of nitrogens with one attached hydrogen (secondary N) is 1. The van der Waals surface area contributed by atoms with Crippen LogP contribution in [-0.2, 0) is 32.2 Å². The van der Waals surface area contributed by atoms with Gasteiger partial charge in [-0.25, -0.2) is 4.79 Å². The lowest BCUT2D eigenvalue weighted by atomic mass is 10.1. The zero-order valence-electron chi connectivity index (χ0n) is 26.4. The van der Waals surface area contributed by atoms with E-state index in [1.807, 2.05) is 36.4 Å². The lowest BCUT2D eigenvalue weighted by molar-refractivity contribution is -0.176. The summed E-state index contributed by atoms with van der Waals surface area (Å²) in [5, 5.41) is 1.97. The van der Waals surface area contributed by atoms with Crippen LogP contribution in [0, 0.1) is 0 Å². The third-order valence-electron chi connectivity index (χ3n) is 8.19. The molecule has 0 bridgehead atoms. The molecule has 13 heteroatoms. The standard InChI is InChI=1S/C32H43N2O9PSi/c1-6-39-44(37,40-7-2)22-23-20-38-28-26(43-30(29(28)42-23)34-19-18-27(35)33-31(34)36)21-41-45(32(3,4)5,24-14-10-8-11-15-24)25-16-12-9-13-17-25/h8-19,23,26,28-30H,6-7,20-22H2,1-5H3,(H,33,35,36)/t23-,26+,28+,29+,30+/m0/s1. The van der Waals surface area contributed by atoms with E-state index in [1.165, 1.54) is 16.8 Å². The first kappa shape index (κ1) is 33.7. The first-order valence-corrected chi connectivity index (χ1v) is 19.0. The highest BCUT2D eigenvalue weighted by atomic mass is 31.2. The van der Waals surface area contributed by atoms with Gasteiger partial charge in [0.2, 0.25) is 0 Å². The summed E-state index contributed by atoms with van der Waals surface area (Å²) in [5.41, 5.74) is -1.16. The zero-order valence-corrected chi connectivity index (χ0v) is 28.3. The summed E-state index contributed by atoms with van der Waals surface area (Å²) in [6.45, 7) is 10.8. The summed E-state index contributed by atoms with van der Waals surface area (Å²) in [6.07, 6.45) is -2.21. The maximum absolute atomic E-state index is 13.3. The molecule has 5 rings (SSSR count). The van der Waals surface area contributed by atoms with Gasteiger partial charge < -0.3 is 27.7 Å². The van der Waals surface area contributed by atoms with Gasteiger partial charge in [0.25, 0.3) is 13.9 Å². The minimum absolute atomic E-state index is 0.0195. The number of fused-ring (bicyclic) bond motifs is 1. The molecule has 3 heterocycles. The Morgan fingerprint density at radius 2 is 1.51 bits per heavy atom. The predicted octanol–water partition coefficient (Wildman–Crippen LogP) is 3.43. The number of rotatable bonds is 12. The molecule has 2 aromatic carbocycles. The van der Waals surface area contributed by atoms with E-state index in [9.17, 15) is 14.2 Å². The number of aromatic nitrogens is 2. The zero-order chi connectivity index (χ0) is 32.2. The minimum atomic E-state index is -3.45. The van der Waals surface area contributed by atoms with Crippen molar-refractivity contribution in [1.82, 2.24) is 9.55 Å². The predicted molar refractivity (Wildman–Crippen MR) is 173 cm³/mol. The van der Waals surface area contributed by atoms with Crippen LogP contribution in [0.15, 0.2) is 82.5 Å². The van der Waals surface area contributed by atoms with E-state index >= 15 is 0 Å². The smallest absolute Gasteiger partial charge is 0.333 e. The molecule has 1 aromatic heterocycles. The van der Waals surface area contributed by atoms with Gasteiger partial charge in [0.05, 0.1) is 38.7 Å². The lowest BCUT2D eigenvalue weighted by Crippen LogP contribution is -2.67. The second kappa shape index (κ2) is 14.0. The van der Waals surface area contributed by atoms with E-state index < -0.39 is 57.8 Å². The summed E-state index contributed by atoms with van der Waals surface area (Å²) in [4.78, 5) is 27.1. The summed E-state index contributed by atoms with van der Waals surface area (Å²) in [6, 6.07) is 21.8. The van der Waals surface area contributed by atoms with Crippen molar-refractivity contribution in [2.45, 2.75) is 70.3 Å². The molecule has 0 amide bonds. The average Bonchev–Trinajstić information content (AvgIpc) is 3.35. The van der Waals surface area contributed by atoms with Gasteiger partial charge in [0.15, 0.2) is 6.23 Å². The van der Waals surface area contributed by atoms with E-state index in [0.29, 0.717) is 0 Å². The molecule has 11 nitrogen and oxygen atoms in total. The molecule has 0 aliphatic carbocycles. The fraction of sp³-hybridized carbons (Fsp3) is 0.500. The van der Waals surface area contributed by atoms with Crippen LogP contribution in [-0.4, -0.2) is 74.9 Å². The second-order valence-corrected chi connectivity index (χ2v) is 18.6. The summed E-state index contributed by atoms with van der Waals surface area (Å²) < 4.78 is 52.1. The van der Waals surface area contributed by atoms with Crippen molar-refractivity contribution >= 4 is 26.3 Å². The third-order valence-corrected chi connectivity index (χ3v) is 15.4. The highest BCUT2D eigenvalue weighted by Gasteiger charge is 2.55. The molecule has 2 aliphatic rings. The van der Waals surface area contributed by atoms with Crippen molar-refractivity contribution in [3.05, 3.63) is 93.8 Å². The molecule has 0 spiro atoms. The molecule has 0 unspecified atom stereocenters. The molecule has 2 saturated heterocycles. The van der Waals surface area contributed by atoms with Crippen LogP contribution in [0.4, 0.5) is 0 Å². The van der Waals surface area contributed by atoms with E-state index in [0.717, 1.165) is 10.4 Å². The van der Waals surface area contributed by atoms with Crippen molar-refractivity contribution in [1.29, 1.82) is 0 Å². The van der Waals surface area contributed by atoms with Crippen LogP contribution >= 0.6 is 7.60 Å². The van der Waals surface area contributed by atoms with Crippen molar-refractivity contribution in [3.8, 4) is 0 Å². The number of hydrogen-bond acceptors (Lipinski definition) is 9. The van der Waals surface area contributed by atoms with Crippen molar-refractivity contribution in [2.75, 3.05) is 32.6 Å². The molecule has 45 heavy (non-hydrogen) atoms. The Labute approximate surface area is 264 Å². The number of nitrogens with zero attached hydrogens (tertiary/aromatic N) is 1. The molecule has 5 atom stereocenters. The monoisotopic (exact) mass is 658 g/mol. The normalized spacial score (nSPS) is 24.0. The quantitative estimate of drug-likeness (QED) is 0.230. The number of benzene rings is 2. The van der Waals surface area contributed by atoms with E-state index in [2.05, 4.69) is 50.0 Å². The summed E-state index contributed by atoms with van der Waals surface area (Å²) in [5.74, 6) is 0. The number of hydrogen-bond donors (Lipinski definition) is 1. The van der Waals surface area contributed by atoms with Gasteiger partial charge in [0, 0.05) is 12.3 Å². The average molecular weight is 659 g/mol. The molecule has 3 aromatic rings. The summed E-state index contributed by atoms with van der Waals surface area (Å²) >= 11 is 0. The van der Waals surface area contributed by atoms with Crippen LogP contribution in [0.2, 0.25) is 5.04 Å². The molecule has 0 saturated carbocycles. The number of ether oxygens (including phenoxy) is 3. The fourth-order valence-corrected chi connectivity index (χ4v) is 12.7. The van der Waals surface area contributed by atoms with Crippen molar-refractivity contribution in [3.63, 3.8) is 0 Å². The topological polar surface area (TPSA) is 127 Å². The van der Waals surface area contributed by atoms with Gasteiger partial charge in [-0.15, -0.1) is 0 Å². The first-order chi connectivity index (χ1) is 21.5. The van der Waals surface area contributed by atoms with Gasteiger partial charge in [0.1, 0.15) is 18.3 Å². The second-order valence-electron chi connectivity index (χ2n) is 12.2. The van der Waals surface area contributed by atoms with Crippen LogP contribution in [0.1, 0.15) is 40.8 Å². The first-order valence-electron chi connectivity index (χ1n) is 15.4. The van der Waals surface area contributed by atoms with Gasteiger partial charge >= 0.3 is 13.3 Å². The van der Waals surface area contributed by atoms with E-state index in [1.54, 1.807) is 13.8 Å². The van der Waals surface area contributed by atoms with Gasteiger partial charge in [-0.3, -0.25) is 18.9 Å². The Morgan fingerprint density at radius 1 is 0.911 bits per heavy atom. The SMILES string of the molecule is CCOP(=O)(C[C@@H]1CO[C@H]2[C@@H](O1)[C@H](n1ccc(=O)[nH]c1=O)O[C@@H]2CO[Si](c1ccccc1)(c1ccccc1)C(C)(C)C)OCC. The Balaban J connectivity index is 1.48. The maximum Gasteiger partial charge on any atom is 0.333 e. The lowest BCUT2D eigenvalue weighted by Gasteiger charge is -2.44. The molecule has 2 aliphatic heterocycles. The Bertz CT molecular complexity index is 1530. The molecule has 244 valence electrons. The summed E-state index contributed by atoms with van der Waals surface area (Å²) in [7, 11) is -6.37.